The third kappa shape index (κ3) is 7.67. The largest absolute Gasteiger partial charge is 0.385 e. The second-order valence-corrected chi connectivity index (χ2v) is 6.43. The maximum atomic E-state index is 5.06. The van der Waals surface area contributed by atoms with Crippen LogP contribution < -0.4 is 15.5 Å². The van der Waals surface area contributed by atoms with Crippen LogP contribution in [0.25, 0.3) is 0 Å². The van der Waals surface area contributed by atoms with Crippen molar-refractivity contribution in [2.24, 2.45) is 4.99 Å². The van der Waals surface area contributed by atoms with Crippen LogP contribution in [0.2, 0.25) is 0 Å². The number of para-hydroxylation sites is 1. The predicted molar refractivity (Wildman–Crippen MR) is 121 cm³/mol. The molecule has 1 atom stereocenters. The van der Waals surface area contributed by atoms with E-state index in [1.165, 1.54) is 5.69 Å². The number of nitrogens with one attached hydrogen (secondary N) is 2. The van der Waals surface area contributed by atoms with Crippen molar-refractivity contribution in [2.75, 3.05) is 64.9 Å². The topological polar surface area (TPSA) is 52.1 Å². The first kappa shape index (κ1) is 23.0. The molecule has 0 aromatic heterocycles. The minimum absolute atomic E-state index is 0. The molecule has 1 unspecified atom stereocenters. The minimum Gasteiger partial charge on any atom is -0.385 e. The number of nitrogens with zero attached hydrogens (tertiary/aromatic N) is 3. The van der Waals surface area contributed by atoms with Crippen molar-refractivity contribution in [3.8, 4) is 0 Å². The summed E-state index contributed by atoms with van der Waals surface area (Å²) in [5, 5.41) is 6.75. The second kappa shape index (κ2) is 13.2. The van der Waals surface area contributed by atoms with Crippen molar-refractivity contribution in [1.82, 2.24) is 15.5 Å². The lowest BCUT2D eigenvalue weighted by Gasteiger charge is -2.39. The van der Waals surface area contributed by atoms with Crippen LogP contribution in [-0.2, 0) is 4.74 Å². The van der Waals surface area contributed by atoms with Crippen LogP contribution in [-0.4, -0.2) is 76.9 Å². The van der Waals surface area contributed by atoms with E-state index in [1.807, 2.05) is 7.05 Å². The van der Waals surface area contributed by atoms with Crippen LogP contribution in [0.5, 0.6) is 0 Å². The number of anilines is 1. The van der Waals surface area contributed by atoms with Gasteiger partial charge < -0.3 is 20.3 Å². The van der Waals surface area contributed by atoms with Gasteiger partial charge in [0.25, 0.3) is 0 Å². The molecule has 0 radical (unpaired) electrons. The highest BCUT2D eigenvalue weighted by molar-refractivity contribution is 14.0. The van der Waals surface area contributed by atoms with Crippen molar-refractivity contribution in [2.45, 2.75) is 19.4 Å². The number of methoxy groups -OCH3 is 1. The normalized spacial score (nSPS) is 16.7. The summed E-state index contributed by atoms with van der Waals surface area (Å²) in [6.45, 7) is 9.17. The van der Waals surface area contributed by atoms with Gasteiger partial charge in [-0.3, -0.25) is 9.89 Å². The SMILES string of the molecule is CN=C(NCCCOC)NCC(C)N1CCN(c2ccccc2)CC1.I. The average molecular weight is 475 g/mol. The lowest BCUT2D eigenvalue weighted by molar-refractivity contribution is 0.194. The van der Waals surface area contributed by atoms with Crippen molar-refractivity contribution >= 4 is 35.6 Å². The van der Waals surface area contributed by atoms with E-state index < -0.39 is 0 Å². The maximum absolute atomic E-state index is 5.06. The quantitative estimate of drug-likeness (QED) is 0.261. The molecule has 6 nitrogen and oxygen atoms in total. The molecule has 0 saturated carbocycles. The lowest BCUT2D eigenvalue weighted by Crippen LogP contribution is -2.53. The molecule has 0 bridgehead atoms. The summed E-state index contributed by atoms with van der Waals surface area (Å²) < 4.78 is 5.06. The van der Waals surface area contributed by atoms with Gasteiger partial charge in [-0.2, -0.15) is 0 Å². The van der Waals surface area contributed by atoms with Gasteiger partial charge in [-0.05, 0) is 25.5 Å². The summed E-state index contributed by atoms with van der Waals surface area (Å²) in [5.74, 6) is 0.867. The molecular weight excluding hydrogens is 441 g/mol. The molecule has 0 amide bonds. The van der Waals surface area contributed by atoms with E-state index in [4.69, 9.17) is 4.74 Å². The Hall–Kier alpha value is -1.06. The Bertz CT molecular complexity index is 506. The van der Waals surface area contributed by atoms with Gasteiger partial charge in [0, 0.05) is 71.8 Å². The Balaban J connectivity index is 0.00000338. The smallest absolute Gasteiger partial charge is 0.191 e. The highest BCUT2D eigenvalue weighted by Gasteiger charge is 2.21. The number of ether oxygens (including phenoxy) is 1. The summed E-state index contributed by atoms with van der Waals surface area (Å²) >= 11 is 0. The molecule has 0 spiro atoms. The fourth-order valence-electron chi connectivity index (χ4n) is 3.08. The number of piperazine rings is 1. The molecule has 26 heavy (non-hydrogen) atoms. The molecule has 1 aliphatic rings. The zero-order chi connectivity index (χ0) is 17.9. The first-order chi connectivity index (χ1) is 12.2. The van der Waals surface area contributed by atoms with Gasteiger partial charge in [-0.1, -0.05) is 18.2 Å². The van der Waals surface area contributed by atoms with Crippen molar-refractivity contribution in [1.29, 1.82) is 0 Å². The van der Waals surface area contributed by atoms with E-state index in [0.717, 1.165) is 58.3 Å². The zero-order valence-corrected chi connectivity index (χ0v) is 18.6. The van der Waals surface area contributed by atoms with Gasteiger partial charge in [0.05, 0.1) is 0 Å². The number of hydrogen-bond donors (Lipinski definition) is 2. The standard InChI is InChI=1S/C19H33N5O.HI/c1-17(16-22-19(20-2)21-10-7-15-25-3)23-11-13-24(14-12-23)18-8-5-4-6-9-18;/h4-6,8-9,17H,7,10-16H2,1-3H3,(H2,20,21,22);1H. The van der Waals surface area contributed by atoms with Crippen LogP contribution >= 0.6 is 24.0 Å². The molecule has 0 aliphatic carbocycles. The van der Waals surface area contributed by atoms with E-state index in [1.54, 1.807) is 7.11 Å². The molecular formula is C19H34IN5O. The number of aliphatic imine (C=N–C) groups is 1. The third-order valence-corrected chi connectivity index (χ3v) is 4.67. The van der Waals surface area contributed by atoms with Gasteiger partial charge in [0.2, 0.25) is 0 Å². The molecule has 2 N–H and O–H groups in total. The van der Waals surface area contributed by atoms with E-state index in [-0.39, 0.29) is 24.0 Å². The van der Waals surface area contributed by atoms with E-state index in [2.05, 4.69) is 62.7 Å². The number of benzene rings is 1. The molecule has 1 fully saturated rings. The van der Waals surface area contributed by atoms with Gasteiger partial charge in [-0.25, -0.2) is 0 Å². The number of halogens is 1. The Labute approximate surface area is 175 Å². The lowest BCUT2D eigenvalue weighted by atomic mass is 10.2. The molecule has 148 valence electrons. The summed E-state index contributed by atoms with van der Waals surface area (Å²) in [7, 11) is 3.54. The van der Waals surface area contributed by atoms with Crippen molar-refractivity contribution < 1.29 is 4.74 Å². The fraction of sp³-hybridized carbons (Fsp3) is 0.632. The van der Waals surface area contributed by atoms with Gasteiger partial charge in [0.1, 0.15) is 0 Å². The molecule has 7 heteroatoms. The second-order valence-electron chi connectivity index (χ2n) is 6.43. The van der Waals surface area contributed by atoms with Crippen LogP contribution in [0.1, 0.15) is 13.3 Å². The summed E-state index contributed by atoms with van der Waals surface area (Å²) in [4.78, 5) is 9.29. The van der Waals surface area contributed by atoms with Crippen LogP contribution in [0, 0.1) is 0 Å². The monoisotopic (exact) mass is 475 g/mol. The van der Waals surface area contributed by atoms with E-state index in [0.29, 0.717) is 6.04 Å². The van der Waals surface area contributed by atoms with E-state index in [9.17, 15) is 0 Å². The van der Waals surface area contributed by atoms with Gasteiger partial charge >= 0.3 is 0 Å². The minimum atomic E-state index is 0. The summed E-state index contributed by atoms with van der Waals surface area (Å²) in [6, 6.07) is 11.2. The number of rotatable bonds is 8. The Morgan fingerprint density at radius 2 is 1.85 bits per heavy atom. The summed E-state index contributed by atoms with van der Waals surface area (Å²) in [5.41, 5.74) is 1.33. The first-order valence-corrected chi connectivity index (χ1v) is 9.22. The highest BCUT2D eigenvalue weighted by atomic mass is 127. The summed E-state index contributed by atoms with van der Waals surface area (Å²) in [6.07, 6.45) is 0.980. The third-order valence-electron chi connectivity index (χ3n) is 4.67. The Morgan fingerprint density at radius 1 is 1.15 bits per heavy atom. The maximum Gasteiger partial charge on any atom is 0.191 e. The zero-order valence-electron chi connectivity index (χ0n) is 16.3. The molecule has 1 heterocycles. The van der Waals surface area contributed by atoms with Gasteiger partial charge in [0.15, 0.2) is 5.96 Å². The van der Waals surface area contributed by atoms with Crippen LogP contribution in [0.3, 0.4) is 0 Å². The van der Waals surface area contributed by atoms with Crippen LogP contribution in [0.15, 0.2) is 35.3 Å². The fourth-order valence-corrected chi connectivity index (χ4v) is 3.08. The average Bonchev–Trinajstić information content (AvgIpc) is 2.68. The highest BCUT2D eigenvalue weighted by Crippen LogP contribution is 2.16. The van der Waals surface area contributed by atoms with Crippen molar-refractivity contribution in [3.05, 3.63) is 30.3 Å². The number of guanidine groups is 1. The molecule has 1 aromatic rings. The predicted octanol–water partition coefficient (Wildman–Crippen LogP) is 2.02. The molecule has 1 aromatic carbocycles. The molecule has 2 rings (SSSR count). The first-order valence-electron chi connectivity index (χ1n) is 9.22. The van der Waals surface area contributed by atoms with Gasteiger partial charge in [-0.15, -0.1) is 24.0 Å². The Kier molecular flexibility index (Phi) is 11.6. The Morgan fingerprint density at radius 3 is 2.46 bits per heavy atom. The van der Waals surface area contributed by atoms with Crippen LogP contribution in [0.4, 0.5) is 5.69 Å². The number of hydrogen-bond acceptors (Lipinski definition) is 4. The molecule has 1 saturated heterocycles. The van der Waals surface area contributed by atoms with E-state index >= 15 is 0 Å². The molecule has 1 aliphatic heterocycles. The van der Waals surface area contributed by atoms with Crippen molar-refractivity contribution in [3.63, 3.8) is 0 Å².